The summed E-state index contributed by atoms with van der Waals surface area (Å²) in [5.41, 5.74) is 5.62. The number of hydrogen-bond donors (Lipinski definition) is 1. The Bertz CT molecular complexity index is 348. The molecule has 1 saturated carbocycles. The quantitative estimate of drug-likeness (QED) is 0.851. The average Bonchev–Trinajstić information content (AvgIpc) is 2.41. The summed E-state index contributed by atoms with van der Waals surface area (Å²) in [7, 11) is -3.08. The van der Waals surface area contributed by atoms with Crippen molar-refractivity contribution in [3.8, 4) is 0 Å². The maximum absolute atomic E-state index is 12.7. The number of nitrogens with two attached hydrogens (primary N) is 1. The first kappa shape index (κ1) is 14.3. The number of nitrogens with zero attached hydrogens (tertiary/aromatic N) is 1. The third-order valence-corrected chi connectivity index (χ3v) is 6.82. The average molecular weight is 274 g/mol. The minimum absolute atomic E-state index is 0.121. The predicted octanol–water partition coefficient (Wildman–Crippen LogP) is 1.85. The van der Waals surface area contributed by atoms with Crippen LogP contribution in [-0.2, 0) is 10.0 Å². The first-order chi connectivity index (χ1) is 8.66. The van der Waals surface area contributed by atoms with Crippen LogP contribution < -0.4 is 5.73 Å². The van der Waals surface area contributed by atoms with E-state index in [2.05, 4.69) is 0 Å². The van der Waals surface area contributed by atoms with E-state index < -0.39 is 10.0 Å². The predicted molar refractivity (Wildman–Crippen MR) is 73.8 cm³/mol. The van der Waals surface area contributed by atoms with Crippen molar-refractivity contribution in [2.45, 2.75) is 69.1 Å². The molecule has 5 heteroatoms. The van der Waals surface area contributed by atoms with Crippen LogP contribution in [0.4, 0.5) is 0 Å². The van der Waals surface area contributed by atoms with Gasteiger partial charge in [-0.15, -0.1) is 0 Å². The largest absolute Gasteiger partial charge is 0.330 e. The van der Waals surface area contributed by atoms with Gasteiger partial charge in [-0.2, -0.15) is 4.31 Å². The zero-order valence-electron chi connectivity index (χ0n) is 11.2. The molecule has 18 heavy (non-hydrogen) atoms. The van der Waals surface area contributed by atoms with Gasteiger partial charge in [0.2, 0.25) is 10.0 Å². The minimum Gasteiger partial charge on any atom is -0.330 e. The number of piperidine rings is 1. The van der Waals surface area contributed by atoms with Gasteiger partial charge in [0, 0.05) is 12.6 Å². The van der Waals surface area contributed by atoms with Crippen LogP contribution >= 0.6 is 0 Å². The molecule has 1 aliphatic carbocycles. The van der Waals surface area contributed by atoms with Crippen LogP contribution in [0.15, 0.2) is 0 Å². The molecule has 0 amide bonds. The van der Waals surface area contributed by atoms with Crippen LogP contribution in [0, 0.1) is 0 Å². The van der Waals surface area contributed by atoms with E-state index in [1.165, 1.54) is 6.42 Å². The number of hydrogen-bond acceptors (Lipinski definition) is 3. The van der Waals surface area contributed by atoms with Crippen molar-refractivity contribution in [1.29, 1.82) is 0 Å². The summed E-state index contributed by atoms with van der Waals surface area (Å²) in [6.07, 6.45) is 8.99. The van der Waals surface area contributed by atoms with Gasteiger partial charge in [-0.3, -0.25) is 0 Å². The van der Waals surface area contributed by atoms with Crippen molar-refractivity contribution >= 4 is 10.0 Å². The zero-order chi connectivity index (χ0) is 13.0. The van der Waals surface area contributed by atoms with Crippen molar-refractivity contribution in [2.75, 3.05) is 13.1 Å². The first-order valence-electron chi connectivity index (χ1n) is 7.37. The first-order valence-corrected chi connectivity index (χ1v) is 8.87. The lowest BCUT2D eigenvalue weighted by Gasteiger charge is -2.38. The topological polar surface area (TPSA) is 63.4 Å². The Hall–Kier alpha value is -0.130. The molecule has 0 aromatic carbocycles. The van der Waals surface area contributed by atoms with Crippen molar-refractivity contribution in [3.05, 3.63) is 0 Å². The summed E-state index contributed by atoms with van der Waals surface area (Å²) in [4.78, 5) is 0. The molecule has 0 bridgehead atoms. The highest BCUT2D eigenvalue weighted by Gasteiger charge is 2.37. The van der Waals surface area contributed by atoms with Crippen molar-refractivity contribution < 1.29 is 8.42 Å². The summed E-state index contributed by atoms with van der Waals surface area (Å²) in [5, 5.41) is -0.121. The Morgan fingerprint density at radius 2 is 1.67 bits per heavy atom. The van der Waals surface area contributed by atoms with E-state index in [9.17, 15) is 8.42 Å². The molecule has 2 fully saturated rings. The third-order valence-electron chi connectivity index (χ3n) is 4.37. The lowest BCUT2D eigenvalue weighted by atomic mass is 10.0. The van der Waals surface area contributed by atoms with Gasteiger partial charge in [0.05, 0.1) is 5.25 Å². The summed E-state index contributed by atoms with van der Waals surface area (Å²) in [5.74, 6) is 0. The molecule has 2 aliphatic rings. The van der Waals surface area contributed by atoms with Gasteiger partial charge >= 0.3 is 0 Å². The summed E-state index contributed by atoms with van der Waals surface area (Å²) >= 11 is 0. The Morgan fingerprint density at radius 1 is 1.00 bits per heavy atom. The highest BCUT2D eigenvalue weighted by molar-refractivity contribution is 7.89. The summed E-state index contributed by atoms with van der Waals surface area (Å²) in [6, 6.07) is 0.163. The molecule has 1 atom stereocenters. The molecule has 1 aliphatic heterocycles. The van der Waals surface area contributed by atoms with Crippen LogP contribution in [0.1, 0.15) is 57.8 Å². The molecule has 1 heterocycles. The van der Waals surface area contributed by atoms with Crippen LogP contribution in [0.2, 0.25) is 0 Å². The molecule has 1 saturated heterocycles. The highest BCUT2D eigenvalue weighted by Crippen LogP contribution is 2.30. The second-order valence-corrected chi connectivity index (χ2v) is 7.81. The standard InChI is InChI=1S/C13H26N2O2S/c14-10-9-12-6-4-5-11-15(12)18(16,17)13-7-2-1-3-8-13/h12-13H,1-11,14H2. The Balaban J connectivity index is 2.10. The van der Waals surface area contributed by atoms with E-state index >= 15 is 0 Å². The van der Waals surface area contributed by atoms with E-state index in [0.29, 0.717) is 13.1 Å². The molecule has 4 nitrogen and oxygen atoms in total. The van der Waals surface area contributed by atoms with Gasteiger partial charge in [0.15, 0.2) is 0 Å². The molecule has 2 rings (SSSR count). The van der Waals surface area contributed by atoms with Crippen molar-refractivity contribution in [2.24, 2.45) is 5.73 Å². The van der Waals surface area contributed by atoms with E-state index in [0.717, 1.165) is 51.4 Å². The monoisotopic (exact) mass is 274 g/mol. The van der Waals surface area contributed by atoms with Gasteiger partial charge in [-0.25, -0.2) is 8.42 Å². The number of rotatable bonds is 4. The molecule has 0 spiro atoms. The molecule has 1 unspecified atom stereocenters. The van der Waals surface area contributed by atoms with Crippen LogP contribution in [-0.4, -0.2) is 37.1 Å². The molecule has 0 aromatic heterocycles. The Kier molecular flexibility index (Phi) is 5.04. The maximum Gasteiger partial charge on any atom is 0.217 e. The van der Waals surface area contributed by atoms with E-state index in [1.54, 1.807) is 4.31 Å². The van der Waals surface area contributed by atoms with Gasteiger partial charge < -0.3 is 5.73 Å². The van der Waals surface area contributed by atoms with Gasteiger partial charge in [-0.05, 0) is 38.6 Å². The molecule has 2 N–H and O–H groups in total. The fraction of sp³-hybridized carbons (Fsp3) is 1.00. The van der Waals surface area contributed by atoms with Gasteiger partial charge in [-0.1, -0.05) is 25.7 Å². The molecule has 0 aromatic rings. The van der Waals surface area contributed by atoms with Crippen LogP contribution in [0.5, 0.6) is 0 Å². The Labute approximate surface area is 111 Å². The zero-order valence-corrected chi connectivity index (χ0v) is 12.0. The number of sulfonamides is 1. The van der Waals surface area contributed by atoms with Crippen LogP contribution in [0.3, 0.4) is 0 Å². The summed E-state index contributed by atoms with van der Waals surface area (Å²) < 4.78 is 27.2. The van der Waals surface area contributed by atoms with E-state index in [-0.39, 0.29) is 11.3 Å². The fourth-order valence-electron chi connectivity index (χ4n) is 3.34. The van der Waals surface area contributed by atoms with Crippen molar-refractivity contribution in [1.82, 2.24) is 4.31 Å². The molecular weight excluding hydrogens is 248 g/mol. The maximum atomic E-state index is 12.7. The lowest BCUT2D eigenvalue weighted by Crippen LogP contribution is -2.48. The third kappa shape index (κ3) is 3.06. The summed E-state index contributed by atoms with van der Waals surface area (Å²) in [6.45, 7) is 1.30. The van der Waals surface area contributed by atoms with Crippen LogP contribution in [0.25, 0.3) is 0 Å². The second-order valence-electron chi connectivity index (χ2n) is 5.64. The Morgan fingerprint density at radius 3 is 2.33 bits per heavy atom. The van der Waals surface area contributed by atoms with E-state index in [4.69, 9.17) is 5.73 Å². The van der Waals surface area contributed by atoms with Gasteiger partial charge in [0.25, 0.3) is 0 Å². The second kappa shape index (κ2) is 6.35. The molecular formula is C13H26N2O2S. The lowest BCUT2D eigenvalue weighted by molar-refractivity contribution is 0.238. The highest BCUT2D eigenvalue weighted by atomic mass is 32.2. The molecule has 0 radical (unpaired) electrons. The normalized spacial score (nSPS) is 28.4. The SMILES string of the molecule is NCCC1CCCCN1S(=O)(=O)C1CCCCC1. The molecule has 106 valence electrons. The van der Waals surface area contributed by atoms with Gasteiger partial charge in [0.1, 0.15) is 0 Å². The van der Waals surface area contributed by atoms with E-state index in [1.807, 2.05) is 0 Å². The van der Waals surface area contributed by atoms with Crippen molar-refractivity contribution in [3.63, 3.8) is 0 Å². The smallest absolute Gasteiger partial charge is 0.217 e. The fourth-order valence-corrected chi connectivity index (χ4v) is 5.67. The minimum atomic E-state index is -3.08.